The maximum Gasteiger partial charge on any atom is 0.302 e. The first-order valence-electron chi connectivity index (χ1n) is 10.3. The highest BCUT2D eigenvalue weighted by molar-refractivity contribution is 5.90. The summed E-state index contributed by atoms with van der Waals surface area (Å²) in [6.45, 7) is 8.20. The number of esters is 1. The number of ketones is 2. The molecule has 4 heteroatoms. The number of hydrogen-bond donors (Lipinski definition) is 0. The number of fused-ring (bicyclic) bond motifs is 5. The summed E-state index contributed by atoms with van der Waals surface area (Å²) < 4.78 is 5.53. The molecule has 0 spiro atoms. The van der Waals surface area contributed by atoms with Crippen LogP contribution in [0.2, 0.25) is 0 Å². The summed E-state index contributed by atoms with van der Waals surface area (Å²) in [6, 6.07) is 0. The molecule has 26 heavy (non-hydrogen) atoms. The molecule has 4 aliphatic carbocycles. The molecule has 0 unspecified atom stereocenters. The monoisotopic (exact) mass is 360 g/mol. The molecule has 4 aliphatic rings. The van der Waals surface area contributed by atoms with Gasteiger partial charge in [-0.05, 0) is 61.2 Å². The fourth-order valence-electron chi connectivity index (χ4n) is 7.42. The van der Waals surface area contributed by atoms with Crippen LogP contribution in [0.25, 0.3) is 0 Å². The average molecular weight is 360 g/mol. The molecule has 7 atom stereocenters. The first kappa shape index (κ1) is 18.2. The van der Waals surface area contributed by atoms with Gasteiger partial charge in [-0.15, -0.1) is 0 Å². The maximum atomic E-state index is 13.3. The van der Waals surface area contributed by atoms with E-state index in [1.807, 2.05) is 0 Å². The summed E-state index contributed by atoms with van der Waals surface area (Å²) in [5.41, 5.74) is -0.287. The van der Waals surface area contributed by atoms with E-state index in [2.05, 4.69) is 20.8 Å². The summed E-state index contributed by atoms with van der Waals surface area (Å²) in [4.78, 5) is 37.3. The van der Waals surface area contributed by atoms with Gasteiger partial charge in [0.1, 0.15) is 17.7 Å². The van der Waals surface area contributed by atoms with E-state index >= 15 is 0 Å². The van der Waals surface area contributed by atoms with Crippen LogP contribution in [0.1, 0.15) is 79.1 Å². The van der Waals surface area contributed by atoms with Crippen molar-refractivity contribution in [3.8, 4) is 0 Å². The van der Waals surface area contributed by atoms with Crippen LogP contribution in [0.15, 0.2) is 0 Å². The van der Waals surface area contributed by atoms with E-state index in [1.54, 1.807) is 0 Å². The largest absolute Gasteiger partial charge is 0.463 e. The zero-order valence-electron chi connectivity index (χ0n) is 16.6. The highest BCUT2D eigenvalue weighted by Crippen LogP contribution is 2.68. The van der Waals surface area contributed by atoms with E-state index in [0.717, 1.165) is 38.5 Å². The molecule has 0 N–H and O–H groups in total. The maximum absolute atomic E-state index is 13.3. The van der Waals surface area contributed by atoms with Crippen LogP contribution in [0.3, 0.4) is 0 Å². The van der Waals surface area contributed by atoms with Crippen LogP contribution in [0, 0.1) is 34.0 Å². The van der Waals surface area contributed by atoms with Gasteiger partial charge < -0.3 is 4.74 Å². The lowest BCUT2D eigenvalue weighted by atomic mass is 9.40. The smallest absolute Gasteiger partial charge is 0.302 e. The van der Waals surface area contributed by atoms with Gasteiger partial charge in [0.25, 0.3) is 0 Å². The van der Waals surface area contributed by atoms with Gasteiger partial charge >= 0.3 is 5.97 Å². The molecule has 4 nitrogen and oxygen atoms in total. The van der Waals surface area contributed by atoms with E-state index in [1.165, 1.54) is 6.92 Å². The number of carbonyl (C=O) groups excluding carboxylic acids is 3. The van der Waals surface area contributed by atoms with Crippen molar-refractivity contribution in [2.45, 2.75) is 85.2 Å². The van der Waals surface area contributed by atoms with E-state index < -0.39 is 0 Å². The number of rotatable bonds is 1. The molecule has 0 aliphatic heterocycles. The van der Waals surface area contributed by atoms with E-state index in [9.17, 15) is 14.4 Å². The quantitative estimate of drug-likeness (QED) is 0.661. The molecule has 0 amide bonds. The second-order valence-corrected chi connectivity index (χ2v) is 10.3. The minimum absolute atomic E-state index is 0.0585. The van der Waals surface area contributed by atoms with Gasteiger partial charge in [0.05, 0.1) is 0 Å². The van der Waals surface area contributed by atoms with Crippen LogP contribution in [0.4, 0.5) is 0 Å². The molecule has 0 radical (unpaired) electrons. The van der Waals surface area contributed by atoms with Crippen LogP contribution in [-0.4, -0.2) is 23.6 Å². The fourth-order valence-corrected chi connectivity index (χ4v) is 7.42. The Morgan fingerprint density at radius 3 is 2.46 bits per heavy atom. The minimum atomic E-state index is -0.268. The highest BCUT2D eigenvalue weighted by Gasteiger charge is 2.66. The molecule has 4 fully saturated rings. The molecule has 4 rings (SSSR count). The first-order chi connectivity index (χ1) is 12.1. The van der Waals surface area contributed by atoms with Crippen molar-refractivity contribution in [1.82, 2.24) is 0 Å². The zero-order chi connectivity index (χ0) is 18.9. The van der Waals surface area contributed by atoms with Gasteiger partial charge in [0.2, 0.25) is 0 Å². The molecule has 4 saturated carbocycles. The van der Waals surface area contributed by atoms with Crippen molar-refractivity contribution in [2.75, 3.05) is 0 Å². The minimum Gasteiger partial charge on any atom is -0.463 e. The van der Waals surface area contributed by atoms with Crippen molar-refractivity contribution < 1.29 is 19.1 Å². The molecule has 0 bridgehead atoms. The molecule has 0 saturated heterocycles. The fraction of sp³-hybridized carbons (Fsp3) is 0.864. The van der Waals surface area contributed by atoms with Crippen LogP contribution >= 0.6 is 0 Å². The second kappa shape index (κ2) is 5.65. The predicted octanol–water partition coefficient (Wildman–Crippen LogP) is 4.10. The van der Waals surface area contributed by atoms with Crippen LogP contribution in [-0.2, 0) is 19.1 Å². The normalized spacial score (nSPS) is 50.6. The van der Waals surface area contributed by atoms with Crippen molar-refractivity contribution in [2.24, 2.45) is 34.0 Å². The third-order valence-electron chi connectivity index (χ3n) is 9.11. The SMILES string of the molecule is CC(=O)O[C@@H]1CC[C@]2(C)[C@@H]3CC[C@]4(C)C(=O)CC[C@@H]4[C@@H]3C(=O)C[C@@]2(C)C1. The number of carbonyl (C=O) groups is 3. The molecule has 0 heterocycles. The van der Waals surface area contributed by atoms with Crippen LogP contribution < -0.4 is 0 Å². The van der Waals surface area contributed by atoms with Gasteiger partial charge in [-0.3, -0.25) is 14.4 Å². The highest BCUT2D eigenvalue weighted by atomic mass is 16.5. The van der Waals surface area contributed by atoms with Crippen molar-refractivity contribution in [3.63, 3.8) is 0 Å². The Bertz CT molecular complexity index is 669. The van der Waals surface area contributed by atoms with E-state index in [4.69, 9.17) is 4.74 Å². The van der Waals surface area contributed by atoms with Gasteiger partial charge in [-0.25, -0.2) is 0 Å². The van der Waals surface area contributed by atoms with Gasteiger partial charge in [0, 0.05) is 31.1 Å². The number of Topliss-reactive ketones (excluding diaryl/α,β-unsaturated/α-hetero) is 2. The summed E-state index contributed by atoms with van der Waals surface area (Å²) in [7, 11) is 0. The Hall–Kier alpha value is -1.19. The molecule has 0 aromatic heterocycles. The summed E-state index contributed by atoms with van der Waals surface area (Å²) in [5.74, 6) is 1.20. The summed E-state index contributed by atoms with van der Waals surface area (Å²) >= 11 is 0. The molecule has 0 aromatic rings. The average Bonchev–Trinajstić information content (AvgIpc) is 2.84. The summed E-state index contributed by atoms with van der Waals surface area (Å²) in [6.07, 6.45) is 6.67. The molecular weight excluding hydrogens is 328 g/mol. The zero-order valence-corrected chi connectivity index (χ0v) is 16.6. The van der Waals surface area contributed by atoms with Gasteiger partial charge in [0.15, 0.2) is 0 Å². The lowest BCUT2D eigenvalue weighted by Gasteiger charge is -2.63. The van der Waals surface area contributed by atoms with Crippen molar-refractivity contribution >= 4 is 17.5 Å². The molecular formula is C22H32O4. The number of ether oxygens (including phenoxy) is 1. The molecule has 144 valence electrons. The van der Waals surface area contributed by atoms with Crippen LogP contribution in [0.5, 0.6) is 0 Å². The Morgan fingerprint density at radius 2 is 1.77 bits per heavy atom. The van der Waals surface area contributed by atoms with E-state index in [-0.39, 0.29) is 40.2 Å². The Kier molecular flexibility index (Phi) is 3.95. The van der Waals surface area contributed by atoms with Gasteiger partial charge in [-0.1, -0.05) is 20.8 Å². The molecule has 0 aromatic carbocycles. The predicted molar refractivity (Wildman–Crippen MR) is 97.3 cm³/mol. The third-order valence-corrected chi connectivity index (χ3v) is 9.11. The Labute approximate surface area is 156 Å². The summed E-state index contributed by atoms with van der Waals surface area (Å²) in [5, 5.41) is 0. The third kappa shape index (κ3) is 2.29. The second-order valence-electron chi connectivity index (χ2n) is 10.3. The first-order valence-corrected chi connectivity index (χ1v) is 10.3. The van der Waals surface area contributed by atoms with Crippen molar-refractivity contribution in [1.29, 1.82) is 0 Å². The lowest BCUT2D eigenvalue weighted by Crippen LogP contribution is -2.61. The Morgan fingerprint density at radius 1 is 1.04 bits per heavy atom. The lowest BCUT2D eigenvalue weighted by molar-refractivity contribution is -0.185. The standard InChI is InChI=1S/C22H32O4/c1-13(23)26-14-7-10-22(4)16-8-9-21(3)15(5-6-18(21)25)19(16)17(24)12-20(22,2)11-14/h14-16,19H,5-12H2,1-4H3/t14-,15-,16-,19+,20-,21+,22-/m1/s1. The van der Waals surface area contributed by atoms with Crippen molar-refractivity contribution in [3.05, 3.63) is 0 Å². The van der Waals surface area contributed by atoms with E-state index in [0.29, 0.717) is 30.3 Å². The number of hydrogen-bond acceptors (Lipinski definition) is 4. The van der Waals surface area contributed by atoms with Gasteiger partial charge in [-0.2, -0.15) is 0 Å². The topological polar surface area (TPSA) is 60.4 Å². The Balaban J connectivity index is 1.66.